The number of ether oxygens (including phenoxy) is 1. The van der Waals surface area contributed by atoms with Crippen molar-refractivity contribution in [2.75, 3.05) is 7.11 Å². The van der Waals surface area contributed by atoms with Crippen LogP contribution in [0.2, 0.25) is 5.02 Å². The standard InChI is InChI=1S/C17H14ClNO4S/c1-9-10(7-16(20)21)11-6-14(23-2)12(18)8-13(11)19(9)17(22)15-4-3-5-24-15/h3-6,8H,7H2,1-2H3,(H,20,21). The lowest BCUT2D eigenvalue weighted by Crippen LogP contribution is -2.12. The third kappa shape index (κ3) is 2.68. The maximum atomic E-state index is 12.9. The second kappa shape index (κ2) is 6.30. The molecular weight excluding hydrogens is 350 g/mol. The van der Waals surface area contributed by atoms with E-state index >= 15 is 0 Å². The zero-order valence-corrected chi connectivity index (χ0v) is 14.6. The first-order valence-corrected chi connectivity index (χ1v) is 8.37. The van der Waals surface area contributed by atoms with Gasteiger partial charge in [0, 0.05) is 11.1 Å². The molecule has 0 unspecified atom stereocenters. The van der Waals surface area contributed by atoms with Crippen molar-refractivity contribution in [2.24, 2.45) is 0 Å². The first-order valence-electron chi connectivity index (χ1n) is 7.11. The fourth-order valence-corrected chi connectivity index (χ4v) is 3.67. The summed E-state index contributed by atoms with van der Waals surface area (Å²) in [6, 6.07) is 6.86. The van der Waals surface area contributed by atoms with Gasteiger partial charge in [-0.15, -0.1) is 11.3 Å². The Hall–Kier alpha value is -2.31. The van der Waals surface area contributed by atoms with Gasteiger partial charge in [-0.05, 0) is 36.1 Å². The van der Waals surface area contributed by atoms with Crippen LogP contribution in [-0.2, 0) is 11.2 Å². The summed E-state index contributed by atoms with van der Waals surface area (Å²) in [7, 11) is 1.49. The predicted molar refractivity (Wildman–Crippen MR) is 93.6 cm³/mol. The lowest BCUT2D eigenvalue weighted by molar-refractivity contribution is -0.136. The van der Waals surface area contributed by atoms with Crippen LogP contribution in [0.15, 0.2) is 29.6 Å². The van der Waals surface area contributed by atoms with Gasteiger partial charge < -0.3 is 9.84 Å². The van der Waals surface area contributed by atoms with Crippen LogP contribution < -0.4 is 4.74 Å². The number of nitrogens with zero attached hydrogens (tertiary/aromatic N) is 1. The molecule has 0 saturated heterocycles. The highest BCUT2D eigenvalue weighted by Gasteiger charge is 2.23. The summed E-state index contributed by atoms with van der Waals surface area (Å²) in [6.07, 6.45) is -0.183. The van der Waals surface area contributed by atoms with Gasteiger partial charge in [0.25, 0.3) is 5.91 Å². The number of fused-ring (bicyclic) bond motifs is 1. The number of carboxylic acids is 1. The van der Waals surface area contributed by atoms with E-state index in [1.165, 1.54) is 23.0 Å². The molecule has 24 heavy (non-hydrogen) atoms. The zero-order valence-electron chi connectivity index (χ0n) is 13.0. The third-order valence-corrected chi connectivity index (χ3v) is 5.02. The van der Waals surface area contributed by atoms with Crippen molar-refractivity contribution in [3.63, 3.8) is 0 Å². The van der Waals surface area contributed by atoms with E-state index in [9.17, 15) is 14.7 Å². The molecule has 2 aromatic heterocycles. The Kier molecular flexibility index (Phi) is 4.34. The Bertz CT molecular complexity index is 944. The Morgan fingerprint density at radius 3 is 2.71 bits per heavy atom. The van der Waals surface area contributed by atoms with Gasteiger partial charge in [0.05, 0.1) is 28.9 Å². The molecule has 2 heterocycles. The molecule has 0 aliphatic carbocycles. The maximum Gasteiger partial charge on any atom is 0.307 e. The number of carboxylic acid groups (broad SMARTS) is 1. The van der Waals surface area contributed by atoms with Crippen LogP contribution in [-0.4, -0.2) is 28.7 Å². The van der Waals surface area contributed by atoms with Crippen LogP contribution in [0.3, 0.4) is 0 Å². The van der Waals surface area contributed by atoms with Crippen LogP contribution in [0.25, 0.3) is 10.9 Å². The number of methoxy groups -OCH3 is 1. The second-order valence-electron chi connectivity index (χ2n) is 5.26. The molecular formula is C17H14ClNO4S. The molecule has 0 radical (unpaired) electrons. The van der Waals surface area contributed by atoms with E-state index in [-0.39, 0.29) is 12.3 Å². The number of carbonyl (C=O) groups is 2. The van der Waals surface area contributed by atoms with E-state index in [1.54, 1.807) is 31.2 Å². The van der Waals surface area contributed by atoms with E-state index in [2.05, 4.69) is 0 Å². The van der Waals surface area contributed by atoms with Crippen molar-refractivity contribution >= 4 is 45.7 Å². The molecule has 0 atom stereocenters. The second-order valence-corrected chi connectivity index (χ2v) is 6.61. The molecule has 0 aliphatic rings. The molecule has 0 fully saturated rings. The third-order valence-electron chi connectivity index (χ3n) is 3.87. The smallest absolute Gasteiger partial charge is 0.307 e. The van der Waals surface area contributed by atoms with E-state index in [1.807, 2.05) is 5.38 Å². The molecule has 0 bridgehead atoms. The number of halogens is 1. The minimum absolute atomic E-state index is 0.183. The Labute approximate surface area is 147 Å². The van der Waals surface area contributed by atoms with Gasteiger partial charge in [-0.25, -0.2) is 0 Å². The van der Waals surface area contributed by atoms with E-state index in [0.717, 1.165) is 0 Å². The van der Waals surface area contributed by atoms with Crippen molar-refractivity contribution in [3.05, 3.63) is 50.8 Å². The first-order chi connectivity index (χ1) is 11.4. The quantitative estimate of drug-likeness (QED) is 0.761. The van der Waals surface area contributed by atoms with E-state index in [4.69, 9.17) is 16.3 Å². The predicted octanol–water partition coefficient (Wildman–Crippen LogP) is 3.99. The van der Waals surface area contributed by atoms with Crippen molar-refractivity contribution < 1.29 is 19.4 Å². The maximum absolute atomic E-state index is 12.9. The van der Waals surface area contributed by atoms with Gasteiger partial charge in [-0.1, -0.05) is 17.7 Å². The molecule has 0 saturated carbocycles. The minimum Gasteiger partial charge on any atom is -0.495 e. The molecule has 124 valence electrons. The van der Waals surface area contributed by atoms with Crippen molar-refractivity contribution in [2.45, 2.75) is 13.3 Å². The van der Waals surface area contributed by atoms with Crippen molar-refractivity contribution in [1.29, 1.82) is 0 Å². The van der Waals surface area contributed by atoms with Crippen LogP contribution in [0.4, 0.5) is 0 Å². The largest absolute Gasteiger partial charge is 0.495 e. The normalized spacial score (nSPS) is 11.0. The SMILES string of the molecule is COc1cc2c(CC(=O)O)c(C)n(C(=O)c3cccs3)c2cc1Cl. The average molecular weight is 364 g/mol. The van der Waals surface area contributed by atoms with Gasteiger partial charge >= 0.3 is 5.97 Å². The van der Waals surface area contributed by atoms with Crippen LogP contribution in [0.1, 0.15) is 20.9 Å². The topological polar surface area (TPSA) is 68.5 Å². The molecule has 0 aliphatic heterocycles. The average Bonchev–Trinajstić information content (AvgIpc) is 3.14. The van der Waals surface area contributed by atoms with Crippen LogP contribution in [0.5, 0.6) is 5.75 Å². The lowest BCUT2D eigenvalue weighted by atomic mass is 10.1. The molecule has 0 amide bonds. The van der Waals surface area contributed by atoms with Crippen molar-refractivity contribution in [1.82, 2.24) is 4.57 Å². The number of aliphatic carboxylic acids is 1. The fourth-order valence-electron chi connectivity index (χ4n) is 2.78. The number of carbonyl (C=O) groups excluding carboxylic acids is 1. The summed E-state index contributed by atoms with van der Waals surface area (Å²) in [5.74, 6) is -0.725. The van der Waals surface area contributed by atoms with Gasteiger partial charge in [-0.2, -0.15) is 0 Å². The molecule has 7 heteroatoms. The minimum atomic E-state index is -0.963. The number of aromatic nitrogens is 1. The highest BCUT2D eigenvalue weighted by molar-refractivity contribution is 7.12. The Morgan fingerprint density at radius 2 is 2.12 bits per heavy atom. The summed E-state index contributed by atoms with van der Waals surface area (Å²) in [6.45, 7) is 1.74. The molecule has 1 N–H and O–H groups in total. The van der Waals surface area contributed by atoms with Gasteiger partial charge in [0.15, 0.2) is 0 Å². The Morgan fingerprint density at radius 1 is 1.38 bits per heavy atom. The zero-order chi connectivity index (χ0) is 17.4. The summed E-state index contributed by atoms with van der Waals surface area (Å²) < 4.78 is 6.74. The monoisotopic (exact) mass is 363 g/mol. The lowest BCUT2D eigenvalue weighted by Gasteiger charge is -2.07. The van der Waals surface area contributed by atoms with Gasteiger partial charge in [0.2, 0.25) is 0 Å². The fraction of sp³-hybridized carbons (Fsp3) is 0.176. The summed E-state index contributed by atoms with van der Waals surface area (Å²) in [4.78, 5) is 24.7. The Balaban J connectivity index is 2.32. The summed E-state index contributed by atoms with van der Waals surface area (Å²) >= 11 is 7.54. The van der Waals surface area contributed by atoms with Crippen LogP contribution >= 0.6 is 22.9 Å². The van der Waals surface area contributed by atoms with Crippen molar-refractivity contribution in [3.8, 4) is 5.75 Å². The number of rotatable bonds is 4. The molecule has 1 aromatic carbocycles. The van der Waals surface area contributed by atoms with Gasteiger partial charge in [-0.3, -0.25) is 14.2 Å². The number of thiophene rings is 1. The number of hydrogen-bond acceptors (Lipinski definition) is 4. The van der Waals surface area contributed by atoms with Gasteiger partial charge in [0.1, 0.15) is 5.75 Å². The number of hydrogen-bond donors (Lipinski definition) is 1. The van der Waals surface area contributed by atoms with E-state index < -0.39 is 5.97 Å². The molecule has 0 spiro atoms. The highest BCUT2D eigenvalue weighted by atomic mass is 35.5. The van der Waals surface area contributed by atoms with Crippen LogP contribution in [0, 0.1) is 6.92 Å². The first kappa shape index (κ1) is 16.5. The summed E-state index contributed by atoms with van der Waals surface area (Å²) in [5, 5.41) is 12.1. The molecule has 3 rings (SSSR count). The highest BCUT2D eigenvalue weighted by Crippen LogP contribution is 2.35. The molecule has 5 nitrogen and oxygen atoms in total. The number of benzene rings is 1. The summed E-state index contributed by atoms with van der Waals surface area (Å²) in [5.41, 5.74) is 1.75. The molecule has 3 aromatic rings. The van der Waals surface area contributed by atoms with E-state index in [0.29, 0.717) is 37.8 Å².